The highest BCUT2D eigenvalue weighted by Crippen LogP contribution is 2.43. The van der Waals surface area contributed by atoms with E-state index in [-0.39, 0.29) is 5.92 Å². The van der Waals surface area contributed by atoms with Crippen molar-refractivity contribution in [2.75, 3.05) is 5.32 Å². The van der Waals surface area contributed by atoms with E-state index >= 15 is 0 Å². The third-order valence-electron chi connectivity index (χ3n) is 5.31. The molecule has 1 aliphatic carbocycles. The van der Waals surface area contributed by atoms with Gasteiger partial charge in [0.2, 0.25) is 5.95 Å². The van der Waals surface area contributed by atoms with E-state index in [9.17, 15) is 0 Å². The van der Waals surface area contributed by atoms with Crippen molar-refractivity contribution in [3.05, 3.63) is 107 Å². The standard InChI is InChI=1S/C24H19ClN4/c25-22-11-4-3-9-19(22)21-13-16-14-27-24(28-15-17-7-5-6-12-26-17)29-23(16)20-10-2-1-8-18(20)21/h1-12,14,21H,13,15H2,(H,27,28,29). The van der Waals surface area contributed by atoms with E-state index in [0.717, 1.165) is 39.5 Å². The Morgan fingerprint density at radius 3 is 2.52 bits per heavy atom. The van der Waals surface area contributed by atoms with Crippen LogP contribution >= 0.6 is 11.6 Å². The molecule has 0 amide bonds. The van der Waals surface area contributed by atoms with Crippen LogP contribution in [0.15, 0.2) is 79.1 Å². The van der Waals surface area contributed by atoms with Gasteiger partial charge in [0.1, 0.15) is 0 Å². The first-order chi connectivity index (χ1) is 14.3. The van der Waals surface area contributed by atoms with Crippen molar-refractivity contribution in [3.63, 3.8) is 0 Å². The molecule has 1 N–H and O–H groups in total. The van der Waals surface area contributed by atoms with Crippen LogP contribution in [0.1, 0.15) is 28.3 Å². The van der Waals surface area contributed by atoms with Crippen LogP contribution in [0, 0.1) is 0 Å². The van der Waals surface area contributed by atoms with Crippen LogP contribution in [0.3, 0.4) is 0 Å². The molecule has 1 unspecified atom stereocenters. The number of halogens is 1. The lowest BCUT2D eigenvalue weighted by Crippen LogP contribution is -2.15. The van der Waals surface area contributed by atoms with Crippen molar-refractivity contribution < 1.29 is 0 Å². The van der Waals surface area contributed by atoms with Crippen LogP contribution in [0.4, 0.5) is 5.95 Å². The molecule has 2 heterocycles. The summed E-state index contributed by atoms with van der Waals surface area (Å²) in [5.74, 6) is 0.809. The van der Waals surface area contributed by atoms with E-state index in [1.807, 2.05) is 42.6 Å². The lowest BCUT2D eigenvalue weighted by atomic mass is 9.78. The predicted molar refractivity (Wildman–Crippen MR) is 116 cm³/mol. The first-order valence-electron chi connectivity index (χ1n) is 9.63. The second-order valence-corrected chi connectivity index (χ2v) is 7.51. The van der Waals surface area contributed by atoms with Crippen molar-refractivity contribution in [1.29, 1.82) is 0 Å². The zero-order chi connectivity index (χ0) is 19.6. The van der Waals surface area contributed by atoms with Crippen LogP contribution in [-0.4, -0.2) is 15.0 Å². The molecule has 1 atom stereocenters. The summed E-state index contributed by atoms with van der Waals surface area (Å²) in [4.78, 5) is 13.7. The average molecular weight is 399 g/mol. The molecule has 29 heavy (non-hydrogen) atoms. The quantitative estimate of drug-likeness (QED) is 0.493. The van der Waals surface area contributed by atoms with Crippen LogP contribution in [0.2, 0.25) is 5.02 Å². The topological polar surface area (TPSA) is 50.7 Å². The van der Waals surface area contributed by atoms with Crippen LogP contribution in [-0.2, 0) is 13.0 Å². The molecule has 0 saturated carbocycles. The van der Waals surface area contributed by atoms with E-state index in [2.05, 4.69) is 45.6 Å². The molecular weight excluding hydrogens is 380 g/mol. The summed E-state index contributed by atoms with van der Waals surface area (Å²) in [6, 6.07) is 22.4. The van der Waals surface area contributed by atoms with Gasteiger partial charge in [0.25, 0.3) is 0 Å². The first kappa shape index (κ1) is 17.8. The molecule has 5 rings (SSSR count). The maximum absolute atomic E-state index is 6.53. The maximum Gasteiger partial charge on any atom is 0.223 e. The third kappa shape index (κ3) is 3.47. The van der Waals surface area contributed by atoms with Crippen molar-refractivity contribution in [3.8, 4) is 11.3 Å². The number of hydrogen-bond donors (Lipinski definition) is 1. The fourth-order valence-corrected chi connectivity index (χ4v) is 4.20. The summed E-state index contributed by atoms with van der Waals surface area (Å²) >= 11 is 6.53. The Morgan fingerprint density at radius 1 is 0.897 bits per heavy atom. The molecule has 0 fully saturated rings. The molecule has 0 radical (unpaired) electrons. The van der Waals surface area contributed by atoms with Crippen molar-refractivity contribution >= 4 is 17.5 Å². The minimum Gasteiger partial charge on any atom is -0.349 e. The summed E-state index contributed by atoms with van der Waals surface area (Å²) in [5, 5.41) is 4.08. The molecular formula is C24H19ClN4. The van der Waals surface area contributed by atoms with Crippen LogP contribution < -0.4 is 5.32 Å². The molecule has 0 bridgehead atoms. The van der Waals surface area contributed by atoms with E-state index in [1.54, 1.807) is 6.20 Å². The largest absolute Gasteiger partial charge is 0.349 e. The summed E-state index contributed by atoms with van der Waals surface area (Å²) in [6.07, 6.45) is 4.55. The Labute approximate surface area is 174 Å². The van der Waals surface area contributed by atoms with Gasteiger partial charge in [-0.25, -0.2) is 9.97 Å². The Kier molecular flexibility index (Phi) is 4.70. The summed E-state index contributed by atoms with van der Waals surface area (Å²) in [7, 11) is 0. The zero-order valence-electron chi connectivity index (χ0n) is 15.7. The lowest BCUT2D eigenvalue weighted by Gasteiger charge is -2.28. The Morgan fingerprint density at radius 2 is 1.69 bits per heavy atom. The van der Waals surface area contributed by atoms with Crippen molar-refractivity contribution in [1.82, 2.24) is 15.0 Å². The maximum atomic E-state index is 6.53. The smallest absolute Gasteiger partial charge is 0.223 e. The van der Waals surface area contributed by atoms with Crippen LogP contribution in [0.25, 0.3) is 11.3 Å². The molecule has 0 saturated heterocycles. The number of hydrogen-bond acceptors (Lipinski definition) is 4. The zero-order valence-corrected chi connectivity index (χ0v) is 16.5. The normalized spacial score (nSPS) is 14.7. The van der Waals surface area contributed by atoms with Gasteiger partial charge in [-0.05, 0) is 41.3 Å². The number of nitrogens with zero attached hydrogens (tertiary/aromatic N) is 3. The molecule has 4 nitrogen and oxygen atoms in total. The second kappa shape index (κ2) is 7.64. The fraction of sp³-hybridized carbons (Fsp3) is 0.125. The number of fused-ring (bicyclic) bond motifs is 3. The minimum atomic E-state index is 0.198. The number of anilines is 1. The summed E-state index contributed by atoms with van der Waals surface area (Å²) in [5.41, 5.74) is 6.61. The van der Waals surface area contributed by atoms with Gasteiger partial charge in [0.15, 0.2) is 0 Å². The van der Waals surface area contributed by atoms with E-state index in [4.69, 9.17) is 16.6 Å². The van der Waals surface area contributed by atoms with Gasteiger partial charge < -0.3 is 5.32 Å². The van der Waals surface area contributed by atoms with Crippen LogP contribution in [0.5, 0.6) is 0 Å². The number of benzene rings is 2. The second-order valence-electron chi connectivity index (χ2n) is 7.11. The van der Waals surface area contributed by atoms with Gasteiger partial charge in [-0.3, -0.25) is 4.98 Å². The number of rotatable bonds is 4. The predicted octanol–water partition coefficient (Wildman–Crippen LogP) is 5.49. The number of nitrogens with one attached hydrogen (secondary N) is 1. The molecule has 142 valence electrons. The summed E-state index contributed by atoms with van der Waals surface area (Å²) < 4.78 is 0. The highest BCUT2D eigenvalue weighted by molar-refractivity contribution is 6.31. The SMILES string of the molecule is Clc1ccccc1C1Cc2cnc(NCc3ccccn3)nc2-c2ccccc21. The van der Waals surface area contributed by atoms with Gasteiger partial charge in [0, 0.05) is 28.9 Å². The van der Waals surface area contributed by atoms with Crippen molar-refractivity contribution in [2.45, 2.75) is 18.9 Å². The Bertz CT molecular complexity index is 1160. The molecule has 0 spiro atoms. The molecule has 4 aromatic rings. The minimum absolute atomic E-state index is 0.198. The van der Waals surface area contributed by atoms with E-state index < -0.39 is 0 Å². The third-order valence-corrected chi connectivity index (χ3v) is 5.66. The van der Waals surface area contributed by atoms with Crippen molar-refractivity contribution in [2.24, 2.45) is 0 Å². The highest BCUT2D eigenvalue weighted by Gasteiger charge is 2.28. The fourth-order valence-electron chi connectivity index (χ4n) is 3.93. The van der Waals surface area contributed by atoms with E-state index in [0.29, 0.717) is 12.5 Å². The molecule has 2 aromatic heterocycles. The number of aromatic nitrogens is 3. The molecule has 5 heteroatoms. The first-order valence-corrected chi connectivity index (χ1v) is 10.0. The molecule has 2 aromatic carbocycles. The van der Waals surface area contributed by atoms with Gasteiger partial charge in [-0.1, -0.05) is 60.1 Å². The Balaban J connectivity index is 1.50. The van der Waals surface area contributed by atoms with Gasteiger partial charge in [0.05, 0.1) is 17.9 Å². The highest BCUT2D eigenvalue weighted by atomic mass is 35.5. The van der Waals surface area contributed by atoms with Gasteiger partial charge >= 0.3 is 0 Å². The molecule has 1 aliphatic rings. The lowest BCUT2D eigenvalue weighted by molar-refractivity contribution is 0.781. The summed E-state index contributed by atoms with van der Waals surface area (Å²) in [6.45, 7) is 0.587. The van der Waals surface area contributed by atoms with Gasteiger partial charge in [-0.2, -0.15) is 0 Å². The average Bonchev–Trinajstić information content (AvgIpc) is 2.78. The number of pyridine rings is 1. The Hall–Kier alpha value is -3.24. The monoisotopic (exact) mass is 398 g/mol. The van der Waals surface area contributed by atoms with Gasteiger partial charge in [-0.15, -0.1) is 0 Å². The van der Waals surface area contributed by atoms with E-state index in [1.165, 1.54) is 5.56 Å². The molecule has 0 aliphatic heterocycles.